The highest BCUT2D eigenvalue weighted by Crippen LogP contribution is 2.20. The number of piperidine rings is 1. The van der Waals surface area contributed by atoms with Crippen LogP contribution in [-0.4, -0.2) is 80.3 Å². The van der Waals surface area contributed by atoms with Crippen LogP contribution in [0.2, 0.25) is 0 Å². The lowest BCUT2D eigenvalue weighted by atomic mass is 9.97. The van der Waals surface area contributed by atoms with Crippen LogP contribution in [0.15, 0.2) is 35.3 Å². The van der Waals surface area contributed by atoms with Gasteiger partial charge in [0, 0.05) is 44.8 Å². The third kappa shape index (κ3) is 8.03. The zero-order valence-electron chi connectivity index (χ0n) is 18.1. The van der Waals surface area contributed by atoms with Gasteiger partial charge >= 0.3 is 0 Å². The van der Waals surface area contributed by atoms with E-state index in [0.717, 1.165) is 58.1 Å². The van der Waals surface area contributed by atoms with Gasteiger partial charge in [-0.1, -0.05) is 30.3 Å². The van der Waals surface area contributed by atoms with Crippen molar-refractivity contribution in [2.45, 2.75) is 51.4 Å². The van der Waals surface area contributed by atoms with Crippen molar-refractivity contribution in [3.63, 3.8) is 0 Å². The Hall–Kier alpha value is -0.900. The predicted octanol–water partition coefficient (Wildman–Crippen LogP) is 2.54. The summed E-state index contributed by atoms with van der Waals surface area (Å²) in [4.78, 5) is 9.71. The fourth-order valence-electron chi connectivity index (χ4n) is 4.09. The highest BCUT2D eigenvalue weighted by Gasteiger charge is 2.26. The van der Waals surface area contributed by atoms with Crippen molar-refractivity contribution in [3.8, 4) is 0 Å². The Morgan fingerprint density at radius 1 is 1.24 bits per heavy atom. The fraction of sp³-hybridized carbons (Fsp3) is 0.682. The number of rotatable bonds is 6. The Bertz CT molecular complexity index is 614. The van der Waals surface area contributed by atoms with Crippen LogP contribution in [0, 0.1) is 0 Å². The SMILES string of the molecule is CCNC(=NCC1CN(C)CCO1)NC1CCN(Cc2ccccc2)C(C)C1.I. The van der Waals surface area contributed by atoms with Crippen molar-refractivity contribution >= 4 is 29.9 Å². The van der Waals surface area contributed by atoms with E-state index in [9.17, 15) is 0 Å². The molecule has 6 nitrogen and oxygen atoms in total. The molecule has 0 spiro atoms. The fourth-order valence-corrected chi connectivity index (χ4v) is 4.09. The van der Waals surface area contributed by atoms with Crippen molar-refractivity contribution < 1.29 is 4.74 Å². The van der Waals surface area contributed by atoms with Crippen LogP contribution in [0.3, 0.4) is 0 Å². The number of hydrogen-bond donors (Lipinski definition) is 2. The molecule has 0 aromatic heterocycles. The molecule has 0 amide bonds. The standard InChI is InChI=1S/C22H37N5O.HI/c1-4-23-22(24-15-21-17-26(3)12-13-28-21)25-20-10-11-27(18(2)14-20)16-19-8-6-5-7-9-19;/h5-9,18,20-21H,4,10-17H2,1-3H3,(H2,23,24,25);1H. The number of likely N-dealkylation sites (N-methyl/N-ethyl adjacent to an activating group) is 1. The van der Waals surface area contributed by atoms with E-state index in [2.05, 4.69) is 71.7 Å². The molecular weight excluding hydrogens is 477 g/mol. The van der Waals surface area contributed by atoms with Gasteiger partial charge < -0.3 is 20.3 Å². The lowest BCUT2D eigenvalue weighted by molar-refractivity contribution is -0.0136. The maximum atomic E-state index is 5.84. The van der Waals surface area contributed by atoms with Crippen LogP contribution < -0.4 is 10.6 Å². The van der Waals surface area contributed by atoms with Crippen molar-refractivity contribution in [2.24, 2.45) is 4.99 Å². The number of aliphatic imine (C=N–C) groups is 1. The number of guanidine groups is 1. The van der Waals surface area contributed by atoms with E-state index in [0.29, 0.717) is 18.6 Å². The Morgan fingerprint density at radius 3 is 2.72 bits per heavy atom. The average Bonchev–Trinajstić information content (AvgIpc) is 2.69. The predicted molar refractivity (Wildman–Crippen MR) is 131 cm³/mol. The lowest BCUT2D eigenvalue weighted by Gasteiger charge is -2.38. The summed E-state index contributed by atoms with van der Waals surface area (Å²) in [6.45, 7) is 11.0. The molecule has 3 atom stereocenters. The average molecular weight is 515 g/mol. The Labute approximate surface area is 193 Å². The minimum atomic E-state index is 0. The van der Waals surface area contributed by atoms with Gasteiger partial charge in [0.1, 0.15) is 0 Å². The van der Waals surface area contributed by atoms with Gasteiger partial charge in [-0.3, -0.25) is 9.89 Å². The molecule has 3 unspecified atom stereocenters. The third-order valence-corrected chi connectivity index (χ3v) is 5.72. The zero-order valence-corrected chi connectivity index (χ0v) is 20.5. The number of nitrogens with zero attached hydrogens (tertiary/aromatic N) is 3. The van der Waals surface area contributed by atoms with Crippen LogP contribution in [0.25, 0.3) is 0 Å². The first-order chi connectivity index (χ1) is 13.6. The van der Waals surface area contributed by atoms with Crippen molar-refractivity contribution in [3.05, 3.63) is 35.9 Å². The maximum Gasteiger partial charge on any atom is 0.191 e. The Balaban J connectivity index is 0.00000300. The number of morpholine rings is 1. The quantitative estimate of drug-likeness (QED) is 0.347. The van der Waals surface area contributed by atoms with Gasteiger partial charge in [0.15, 0.2) is 5.96 Å². The Morgan fingerprint density at radius 2 is 2.03 bits per heavy atom. The Kier molecular flexibility index (Phi) is 10.7. The topological polar surface area (TPSA) is 52.1 Å². The van der Waals surface area contributed by atoms with Gasteiger partial charge in [-0.05, 0) is 39.3 Å². The van der Waals surface area contributed by atoms with Crippen molar-refractivity contribution in [2.75, 3.05) is 46.4 Å². The highest BCUT2D eigenvalue weighted by atomic mass is 127. The monoisotopic (exact) mass is 515 g/mol. The molecule has 29 heavy (non-hydrogen) atoms. The molecule has 2 saturated heterocycles. The van der Waals surface area contributed by atoms with E-state index in [4.69, 9.17) is 9.73 Å². The van der Waals surface area contributed by atoms with E-state index >= 15 is 0 Å². The smallest absolute Gasteiger partial charge is 0.191 e. The van der Waals surface area contributed by atoms with Gasteiger partial charge in [0.2, 0.25) is 0 Å². The van der Waals surface area contributed by atoms with Crippen molar-refractivity contribution in [1.82, 2.24) is 20.4 Å². The summed E-state index contributed by atoms with van der Waals surface area (Å²) in [6, 6.07) is 11.8. The minimum absolute atomic E-state index is 0. The van der Waals surface area contributed by atoms with Crippen LogP contribution in [0.5, 0.6) is 0 Å². The third-order valence-electron chi connectivity index (χ3n) is 5.72. The number of likely N-dealkylation sites (tertiary alicyclic amines) is 1. The molecule has 2 N–H and O–H groups in total. The first kappa shape index (κ1) is 24.4. The summed E-state index contributed by atoms with van der Waals surface area (Å²) in [6.07, 6.45) is 2.48. The summed E-state index contributed by atoms with van der Waals surface area (Å²) in [5.41, 5.74) is 1.40. The molecule has 0 radical (unpaired) electrons. The highest BCUT2D eigenvalue weighted by molar-refractivity contribution is 14.0. The second-order valence-electron chi connectivity index (χ2n) is 8.15. The van der Waals surface area contributed by atoms with Gasteiger partial charge in [-0.25, -0.2) is 0 Å². The number of halogens is 1. The molecule has 2 fully saturated rings. The van der Waals surface area contributed by atoms with Gasteiger partial charge in [0.05, 0.1) is 19.3 Å². The normalized spacial score (nSPS) is 26.6. The zero-order chi connectivity index (χ0) is 19.8. The summed E-state index contributed by atoms with van der Waals surface area (Å²) >= 11 is 0. The number of hydrogen-bond acceptors (Lipinski definition) is 4. The van der Waals surface area contributed by atoms with E-state index in [1.165, 1.54) is 5.56 Å². The molecule has 7 heteroatoms. The minimum Gasteiger partial charge on any atom is -0.374 e. The summed E-state index contributed by atoms with van der Waals surface area (Å²) in [5, 5.41) is 7.07. The first-order valence-electron chi connectivity index (χ1n) is 10.8. The number of nitrogens with one attached hydrogen (secondary N) is 2. The lowest BCUT2D eigenvalue weighted by Crippen LogP contribution is -2.51. The molecule has 2 aliphatic heterocycles. The van der Waals surface area contributed by atoms with Crippen molar-refractivity contribution in [1.29, 1.82) is 0 Å². The molecule has 1 aromatic rings. The summed E-state index contributed by atoms with van der Waals surface area (Å²) in [5.74, 6) is 0.924. The largest absolute Gasteiger partial charge is 0.374 e. The molecule has 164 valence electrons. The molecule has 2 aliphatic rings. The van der Waals surface area contributed by atoms with Crippen LogP contribution in [-0.2, 0) is 11.3 Å². The van der Waals surface area contributed by atoms with Crippen LogP contribution >= 0.6 is 24.0 Å². The summed E-state index contributed by atoms with van der Waals surface area (Å²) < 4.78 is 5.84. The second kappa shape index (κ2) is 12.7. The van der Waals surface area contributed by atoms with Crippen LogP contribution in [0.4, 0.5) is 0 Å². The molecule has 1 aromatic carbocycles. The molecule has 0 saturated carbocycles. The number of ether oxygens (including phenoxy) is 1. The van der Waals surface area contributed by atoms with Crippen LogP contribution in [0.1, 0.15) is 32.3 Å². The molecule has 0 bridgehead atoms. The second-order valence-corrected chi connectivity index (χ2v) is 8.15. The number of benzene rings is 1. The molecule has 3 rings (SSSR count). The maximum absolute atomic E-state index is 5.84. The molecule has 2 heterocycles. The van der Waals surface area contributed by atoms with E-state index in [-0.39, 0.29) is 30.1 Å². The van der Waals surface area contributed by atoms with E-state index in [1.54, 1.807) is 0 Å². The first-order valence-corrected chi connectivity index (χ1v) is 10.8. The molecule has 0 aliphatic carbocycles. The van der Waals surface area contributed by atoms with E-state index < -0.39 is 0 Å². The summed E-state index contributed by atoms with van der Waals surface area (Å²) in [7, 11) is 2.15. The van der Waals surface area contributed by atoms with Gasteiger partial charge in [0.25, 0.3) is 0 Å². The molecular formula is C22H38IN5O. The van der Waals surface area contributed by atoms with Gasteiger partial charge in [-0.15, -0.1) is 24.0 Å². The van der Waals surface area contributed by atoms with E-state index in [1.807, 2.05) is 0 Å². The van der Waals surface area contributed by atoms with Gasteiger partial charge in [-0.2, -0.15) is 0 Å².